The van der Waals surface area contributed by atoms with Crippen molar-refractivity contribution in [2.45, 2.75) is 70.7 Å². The highest BCUT2D eigenvalue weighted by molar-refractivity contribution is 5.72. The summed E-state index contributed by atoms with van der Waals surface area (Å²) in [5, 5.41) is 0. The molecule has 3 aliphatic rings. The molecule has 0 N–H and O–H groups in total. The van der Waals surface area contributed by atoms with Crippen molar-refractivity contribution in [1.29, 1.82) is 0 Å². The lowest BCUT2D eigenvalue weighted by Crippen LogP contribution is -2.42. The lowest BCUT2D eigenvalue weighted by molar-refractivity contribution is -0.160. The van der Waals surface area contributed by atoms with E-state index in [9.17, 15) is 44.3 Å². The summed E-state index contributed by atoms with van der Waals surface area (Å²) in [7, 11) is 0. The van der Waals surface area contributed by atoms with Gasteiger partial charge in [0.15, 0.2) is 0 Å². The molecular formula is C27H29F9N2O2. The third-order valence-electron chi connectivity index (χ3n) is 7.63. The number of ether oxygens (including phenoxy) is 1. The van der Waals surface area contributed by atoms with Gasteiger partial charge in [-0.15, -0.1) is 0 Å². The van der Waals surface area contributed by atoms with Crippen LogP contribution in [0.3, 0.4) is 0 Å². The number of allylic oxidation sites excluding steroid dienone is 2. The number of amides is 1. The predicted molar refractivity (Wildman–Crippen MR) is 127 cm³/mol. The van der Waals surface area contributed by atoms with Gasteiger partial charge < -0.3 is 9.64 Å². The Balaban J connectivity index is 1.66. The van der Waals surface area contributed by atoms with Gasteiger partial charge in [-0.2, -0.15) is 39.5 Å². The molecule has 3 atom stereocenters. The minimum Gasteiger partial charge on any atom is -0.439 e. The monoisotopic (exact) mass is 584 g/mol. The topological polar surface area (TPSA) is 32.8 Å². The summed E-state index contributed by atoms with van der Waals surface area (Å²) >= 11 is 0. The minimum absolute atomic E-state index is 0.0238. The molecule has 1 aromatic rings. The van der Waals surface area contributed by atoms with Crippen molar-refractivity contribution >= 4 is 6.09 Å². The van der Waals surface area contributed by atoms with Crippen LogP contribution in [0.2, 0.25) is 0 Å². The standard InChI is InChI=1S/C27H29F9N2O2/c1-15-22(16-9-19(26(31,32)33)12-20(10-16)27(34,35)36)40-23(39)38(15)13-17-11-18(25(28,29)30)5-6-21(17)37-8-4-7-24(2,3)14-37/h6,9-12,15,18,22H,4-5,7-8,13-14H2,1-3H3/t15-,18?,22-/m0/s1. The first-order chi connectivity index (χ1) is 18.3. The number of carbonyl (C=O) groups excluding carboxylic acids is 1. The van der Waals surface area contributed by atoms with E-state index >= 15 is 0 Å². The smallest absolute Gasteiger partial charge is 0.416 e. The van der Waals surface area contributed by atoms with Gasteiger partial charge >= 0.3 is 24.6 Å². The number of carbonyl (C=O) groups is 1. The van der Waals surface area contributed by atoms with Gasteiger partial charge in [0, 0.05) is 18.8 Å². The number of piperidine rings is 1. The third-order valence-corrected chi connectivity index (χ3v) is 7.63. The number of alkyl halides is 9. The Kier molecular flexibility index (Phi) is 7.68. The van der Waals surface area contributed by atoms with E-state index in [-0.39, 0.29) is 30.0 Å². The van der Waals surface area contributed by atoms with Crippen LogP contribution >= 0.6 is 0 Å². The number of halogens is 9. The second-order valence-electron chi connectivity index (χ2n) is 11.4. The molecule has 2 fully saturated rings. The lowest BCUT2D eigenvalue weighted by Gasteiger charge is -2.42. The van der Waals surface area contributed by atoms with Gasteiger partial charge in [-0.25, -0.2) is 4.79 Å². The van der Waals surface area contributed by atoms with E-state index < -0.39 is 59.4 Å². The number of rotatable bonds is 4. The molecule has 0 bridgehead atoms. The first kappa shape index (κ1) is 30.1. The molecule has 1 aromatic carbocycles. The number of hydrogen-bond donors (Lipinski definition) is 0. The molecule has 0 spiro atoms. The zero-order valence-electron chi connectivity index (χ0n) is 22.0. The van der Waals surface area contributed by atoms with Gasteiger partial charge in [0.25, 0.3) is 0 Å². The SMILES string of the molecule is C[C@H]1[C@@H](c2cc(C(F)(F)F)cc(C(F)(F)F)c2)OC(=O)N1CC1=CC(C(F)(F)F)CC=C1N1CCCC(C)(C)C1. The van der Waals surface area contributed by atoms with Crippen LogP contribution in [-0.4, -0.2) is 47.7 Å². The number of cyclic esters (lactones) is 1. The molecule has 0 aromatic heterocycles. The largest absolute Gasteiger partial charge is 0.439 e. The van der Waals surface area contributed by atoms with Gasteiger partial charge in [-0.3, -0.25) is 4.90 Å². The molecule has 4 nitrogen and oxygen atoms in total. The van der Waals surface area contributed by atoms with Crippen LogP contribution in [0.5, 0.6) is 0 Å². The van der Waals surface area contributed by atoms with Gasteiger partial charge in [-0.05, 0) is 60.9 Å². The summed E-state index contributed by atoms with van der Waals surface area (Å²) in [6.45, 7) is 6.27. The molecule has 2 saturated heterocycles. The van der Waals surface area contributed by atoms with E-state index in [1.165, 1.54) is 13.0 Å². The molecule has 2 heterocycles. The van der Waals surface area contributed by atoms with E-state index in [2.05, 4.69) is 0 Å². The molecule has 1 unspecified atom stereocenters. The fourth-order valence-electron chi connectivity index (χ4n) is 5.58. The maximum absolute atomic E-state index is 13.6. The van der Waals surface area contributed by atoms with Gasteiger partial charge in [-0.1, -0.05) is 26.0 Å². The predicted octanol–water partition coefficient (Wildman–Crippen LogP) is 8.12. The minimum atomic E-state index is -5.09. The Morgan fingerprint density at radius 3 is 2.10 bits per heavy atom. The zero-order valence-corrected chi connectivity index (χ0v) is 22.0. The molecule has 40 heavy (non-hydrogen) atoms. The second kappa shape index (κ2) is 10.2. The van der Waals surface area contributed by atoms with Crippen LogP contribution in [0.15, 0.2) is 41.6 Å². The third kappa shape index (κ3) is 6.38. The molecule has 1 aliphatic carbocycles. The van der Waals surface area contributed by atoms with Crippen molar-refractivity contribution in [2.75, 3.05) is 19.6 Å². The molecule has 222 valence electrons. The molecule has 0 radical (unpaired) electrons. The molecule has 4 rings (SSSR count). The lowest BCUT2D eigenvalue weighted by atomic mass is 9.82. The fourth-order valence-corrected chi connectivity index (χ4v) is 5.58. The van der Waals surface area contributed by atoms with E-state index in [1.54, 1.807) is 0 Å². The average molecular weight is 585 g/mol. The van der Waals surface area contributed by atoms with Gasteiger partial charge in [0.05, 0.1) is 29.6 Å². The van der Waals surface area contributed by atoms with E-state index in [0.29, 0.717) is 30.9 Å². The van der Waals surface area contributed by atoms with Crippen LogP contribution < -0.4 is 0 Å². The van der Waals surface area contributed by atoms with E-state index in [4.69, 9.17) is 4.74 Å². The summed E-state index contributed by atoms with van der Waals surface area (Å²) in [5.74, 6) is -1.80. The first-order valence-electron chi connectivity index (χ1n) is 12.8. The molecule has 0 saturated carbocycles. The van der Waals surface area contributed by atoms with Crippen molar-refractivity contribution in [2.24, 2.45) is 11.3 Å². The molecule has 13 heteroatoms. The number of nitrogens with zero attached hydrogens (tertiary/aromatic N) is 2. The molecule has 1 amide bonds. The number of likely N-dealkylation sites (tertiary alicyclic amines) is 1. The zero-order chi connectivity index (χ0) is 29.8. The molecule has 2 aliphatic heterocycles. The first-order valence-corrected chi connectivity index (χ1v) is 12.8. The summed E-state index contributed by atoms with van der Waals surface area (Å²) in [6.07, 6.45) is -13.3. The normalized spacial score (nSPS) is 26.0. The van der Waals surface area contributed by atoms with E-state index in [1.807, 2.05) is 18.7 Å². The van der Waals surface area contributed by atoms with Gasteiger partial charge in [0.1, 0.15) is 6.10 Å². The average Bonchev–Trinajstić information content (AvgIpc) is 3.10. The maximum atomic E-state index is 13.6. The van der Waals surface area contributed by atoms with Gasteiger partial charge in [0.2, 0.25) is 0 Å². The second-order valence-corrected chi connectivity index (χ2v) is 11.4. The Labute approximate surface area is 225 Å². The summed E-state index contributed by atoms with van der Waals surface area (Å²) in [4.78, 5) is 15.9. The van der Waals surface area contributed by atoms with Crippen molar-refractivity contribution in [3.05, 3.63) is 58.3 Å². The van der Waals surface area contributed by atoms with E-state index in [0.717, 1.165) is 23.8 Å². The summed E-state index contributed by atoms with van der Waals surface area (Å²) in [5.41, 5.74) is -2.98. The van der Waals surface area contributed by atoms with Crippen molar-refractivity contribution in [3.63, 3.8) is 0 Å². The Morgan fingerprint density at radius 1 is 0.975 bits per heavy atom. The Bertz CT molecular complexity index is 1170. The van der Waals surface area contributed by atoms with Crippen LogP contribution in [-0.2, 0) is 17.1 Å². The summed E-state index contributed by atoms with van der Waals surface area (Å²) < 4.78 is 127. The van der Waals surface area contributed by atoms with Crippen LogP contribution in [0, 0.1) is 11.3 Å². The highest BCUT2D eigenvalue weighted by Gasteiger charge is 2.45. The van der Waals surface area contributed by atoms with Crippen molar-refractivity contribution < 1.29 is 49.0 Å². The number of benzene rings is 1. The number of hydrogen-bond acceptors (Lipinski definition) is 3. The Hall–Kier alpha value is -2.86. The highest BCUT2D eigenvalue weighted by atomic mass is 19.4. The molecular weight excluding hydrogens is 555 g/mol. The summed E-state index contributed by atoms with van der Waals surface area (Å²) in [6, 6.07) is -0.102. The van der Waals surface area contributed by atoms with Crippen molar-refractivity contribution in [3.8, 4) is 0 Å². The quantitative estimate of drug-likeness (QED) is 0.335. The fraction of sp³-hybridized carbons (Fsp3) is 0.593. The van der Waals surface area contributed by atoms with Crippen molar-refractivity contribution in [1.82, 2.24) is 9.80 Å². The maximum Gasteiger partial charge on any atom is 0.416 e. The highest BCUT2D eigenvalue weighted by Crippen LogP contribution is 2.43. The van der Waals surface area contributed by atoms with Crippen LogP contribution in [0.1, 0.15) is 62.8 Å². The Morgan fingerprint density at radius 2 is 1.57 bits per heavy atom. The van der Waals surface area contributed by atoms with Crippen LogP contribution in [0.25, 0.3) is 0 Å². The van der Waals surface area contributed by atoms with Crippen LogP contribution in [0.4, 0.5) is 44.3 Å².